The molecule has 1 saturated carbocycles. The van der Waals surface area contributed by atoms with Crippen molar-refractivity contribution in [3.05, 3.63) is 0 Å². The number of carboxylic acids is 1. The fourth-order valence-corrected chi connectivity index (χ4v) is 3.34. The van der Waals surface area contributed by atoms with Crippen LogP contribution in [0.5, 0.6) is 0 Å². The lowest BCUT2D eigenvalue weighted by atomic mass is 9.86. The Labute approximate surface area is 131 Å². The molecule has 1 saturated heterocycles. The number of carbonyl (C=O) groups excluding carboxylic acids is 1. The van der Waals surface area contributed by atoms with Crippen LogP contribution < -0.4 is 5.32 Å². The number of hydrogen-bond acceptors (Lipinski definition) is 4. The summed E-state index contributed by atoms with van der Waals surface area (Å²) in [7, 11) is 0. The first-order valence-electron chi connectivity index (χ1n) is 8.32. The summed E-state index contributed by atoms with van der Waals surface area (Å²) in [5.41, 5.74) is -0.701. The normalized spacial score (nSPS) is 23.1. The molecule has 1 unspecified atom stereocenters. The third-order valence-corrected chi connectivity index (χ3v) is 4.65. The number of aliphatic carboxylic acids is 1. The quantitative estimate of drug-likeness (QED) is 0.749. The highest BCUT2D eigenvalue weighted by Gasteiger charge is 2.38. The maximum atomic E-state index is 12.5. The highest BCUT2D eigenvalue weighted by Crippen LogP contribution is 2.26. The van der Waals surface area contributed by atoms with E-state index >= 15 is 0 Å². The molecule has 1 heterocycles. The van der Waals surface area contributed by atoms with E-state index in [2.05, 4.69) is 5.32 Å². The zero-order valence-electron chi connectivity index (χ0n) is 13.3. The van der Waals surface area contributed by atoms with E-state index in [0.29, 0.717) is 32.5 Å². The highest BCUT2D eigenvalue weighted by molar-refractivity contribution is 5.82. The van der Waals surface area contributed by atoms with Gasteiger partial charge >= 0.3 is 5.97 Å². The van der Waals surface area contributed by atoms with Crippen LogP contribution in [0.15, 0.2) is 0 Å². The summed E-state index contributed by atoms with van der Waals surface area (Å²) in [6.07, 6.45) is 5.61. The van der Waals surface area contributed by atoms with E-state index in [1.165, 1.54) is 0 Å². The van der Waals surface area contributed by atoms with Gasteiger partial charge in [-0.25, -0.2) is 0 Å². The van der Waals surface area contributed by atoms with Gasteiger partial charge in [-0.2, -0.15) is 0 Å². The number of carbonyl (C=O) groups is 2. The van der Waals surface area contributed by atoms with Crippen molar-refractivity contribution in [3.63, 3.8) is 0 Å². The lowest BCUT2D eigenvalue weighted by Crippen LogP contribution is -2.56. The third kappa shape index (κ3) is 4.68. The minimum atomic E-state index is -0.896. The zero-order chi connectivity index (χ0) is 16.0. The van der Waals surface area contributed by atoms with Gasteiger partial charge in [0.05, 0.1) is 18.1 Å². The number of hydrogen-bond donors (Lipinski definition) is 2. The summed E-state index contributed by atoms with van der Waals surface area (Å²) in [4.78, 5) is 23.7. The number of ether oxygens (including phenoxy) is 2. The van der Waals surface area contributed by atoms with E-state index in [4.69, 9.17) is 14.6 Å². The number of amides is 1. The standard InChI is InChI=1S/C16H27NO5/c1-2-13(22-12-5-3-4-6-12)15(20)17-16(11-14(18)19)7-9-21-10-8-16/h12-13H,2-11H2,1H3,(H,17,20)(H,18,19). The Morgan fingerprint density at radius 1 is 1.32 bits per heavy atom. The Hall–Kier alpha value is -1.14. The average molecular weight is 313 g/mol. The molecule has 1 atom stereocenters. The van der Waals surface area contributed by atoms with Gasteiger partial charge in [0.15, 0.2) is 0 Å². The molecule has 1 aliphatic heterocycles. The molecule has 0 aromatic rings. The maximum Gasteiger partial charge on any atom is 0.305 e. The second-order valence-corrected chi connectivity index (χ2v) is 6.39. The van der Waals surface area contributed by atoms with E-state index in [-0.39, 0.29) is 18.4 Å². The van der Waals surface area contributed by atoms with Crippen LogP contribution in [0.4, 0.5) is 0 Å². The highest BCUT2D eigenvalue weighted by atomic mass is 16.5. The Balaban J connectivity index is 1.96. The molecule has 126 valence electrons. The van der Waals surface area contributed by atoms with E-state index in [0.717, 1.165) is 25.7 Å². The number of nitrogens with one attached hydrogen (secondary N) is 1. The Morgan fingerprint density at radius 3 is 2.50 bits per heavy atom. The van der Waals surface area contributed by atoms with Crippen LogP contribution in [0.3, 0.4) is 0 Å². The Kier molecular flexibility index (Phi) is 6.20. The molecule has 0 radical (unpaired) electrons. The van der Waals surface area contributed by atoms with Crippen LogP contribution >= 0.6 is 0 Å². The first-order valence-corrected chi connectivity index (χ1v) is 8.32. The molecule has 0 aromatic heterocycles. The monoisotopic (exact) mass is 313 g/mol. The van der Waals surface area contributed by atoms with Gasteiger partial charge in [0, 0.05) is 13.2 Å². The molecule has 2 rings (SSSR count). The minimum absolute atomic E-state index is 0.0675. The minimum Gasteiger partial charge on any atom is -0.481 e. The summed E-state index contributed by atoms with van der Waals surface area (Å²) < 4.78 is 11.2. The van der Waals surface area contributed by atoms with Crippen molar-refractivity contribution in [1.82, 2.24) is 5.32 Å². The molecule has 2 aliphatic rings. The predicted octanol–water partition coefficient (Wildman–Crippen LogP) is 1.86. The van der Waals surface area contributed by atoms with Gasteiger partial charge in [-0.3, -0.25) is 9.59 Å². The molecule has 6 heteroatoms. The molecule has 0 spiro atoms. The van der Waals surface area contributed by atoms with Crippen LogP contribution in [-0.4, -0.2) is 47.9 Å². The van der Waals surface area contributed by atoms with Gasteiger partial charge < -0.3 is 19.9 Å². The van der Waals surface area contributed by atoms with Crippen molar-refractivity contribution in [3.8, 4) is 0 Å². The molecule has 0 aromatic carbocycles. The Morgan fingerprint density at radius 2 is 1.95 bits per heavy atom. The van der Waals surface area contributed by atoms with Gasteiger partial charge in [-0.1, -0.05) is 19.8 Å². The van der Waals surface area contributed by atoms with E-state index in [1.807, 2.05) is 6.92 Å². The van der Waals surface area contributed by atoms with Crippen LogP contribution in [0, 0.1) is 0 Å². The summed E-state index contributed by atoms with van der Waals surface area (Å²) >= 11 is 0. The summed E-state index contributed by atoms with van der Waals surface area (Å²) in [6.45, 7) is 2.88. The lowest BCUT2D eigenvalue weighted by Gasteiger charge is -2.38. The van der Waals surface area contributed by atoms with Crippen LogP contribution in [0.2, 0.25) is 0 Å². The molecule has 2 N–H and O–H groups in total. The van der Waals surface area contributed by atoms with Gasteiger partial charge in [-0.15, -0.1) is 0 Å². The molecular weight excluding hydrogens is 286 g/mol. The molecule has 6 nitrogen and oxygen atoms in total. The molecular formula is C16H27NO5. The summed E-state index contributed by atoms with van der Waals surface area (Å²) in [6, 6.07) is 0. The third-order valence-electron chi connectivity index (χ3n) is 4.65. The molecule has 1 aliphatic carbocycles. The van der Waals surface area contributed by atoms with Crippen molar-refractivity contribution in [2.75, 3.05) is 13.2 Å². The lowest BCUT2D eigenvalue weighted by molar-refractivity contribution is -0.144. The van der Waals surface area contributed by atoms with Crippen molar-refractivity contribution in [2.24, 2.45) is 0 Å². The maximum absolute atomic E-state index is 12.5. The summed E-state index contributed by atoms with van der Waals surface area (Å²) in [5, 5.41) is 12.1. The Bertz CT molecular complexity index is 386. The largest absolute Gasteiger partial charge is 0.481 e. The smallest absolute Gasteiger partial charge is 0.305 e. The predicted molar refractivity (Wildman–Crippen MR) is 80.6 cm³/mol. The summed E-state index contributed by atoms with van der Waals surface area (Å²) in [5.74, 6) is -1.08. The second kappa shape index (κ2) is 7.92. The van der Waals surface area contributed by atoms with Crippen molar-refractivity contribution in [2.45, 2.75) is 76.0 Å². The second-order valence-electron chi connectivity index (χ2n) is 6.39. The first kappa shape index (κ1) is 17.2. The van der Waals surface area contributed by atoms with E-state index in [9.17, 15) is 9.59 Å². The van der Waals surface area contributed by atoms with E-state index in [1.54, 1.807) is 0 Å². The number of carboxylic acid groups (broad SMARTS) is 1. The molecule has 1 amide bonds. The molecule has 22 heavy (non-hydrogen) atoms. The molecule has 0 bridgehead atoms. The van der Waals surface area contributed by atoms with Crippen LogP contribution in [0.1, 0.15) is 58.3 Å². The van der Waals surface area contributed by atoms with Crippen LogP contribution in [-0.2, 0) is 19.1 Å². The van der Waals surface area contributed by atoms with E-state index < -0.39 is 17.6 Å². The van der Waals surface area contributed by atoms with Gasteiger partial charge in [-0.05, 0) is 32.1 Å². The average Bonchev–Trinajstić information content (AvgIpc) is 2.97. The van der Waals surface area contributed by atoms with Gasteiger partial charge in [0.25, 0.3) is 0 Å². The van der Waals surface area contributed by atoms with Crippen molar-refractivity contribution >= 4 is 11.9 Å². The fourth-order valence-electron chi connectivity index (χ4n) is 3.34. The first-order chi connectivity index (χ1) is 10.5. The zero-order valence-corrected chi connectivity index (χ0v) is 13.3. The van der Waals surface area contributed by atoms with Crippen molar-refractivity contribution in [1.29, 1.82) is 0 Å². The topological polar surface area (TPSA) is 84.9 Å². The van der Waals surface area contributed by atoms with Gasteiger partial charge in [0.1, 0.15) is 6.10 Å². The SMILES string of the molecule is CCC(OC1CCCC1)C(=O)NC1(CC(=O)O)CCOCC1. The van der Waals surface area contributed by atoms with Gasteiger partial charge in [0.2, 0.25) is 5.91 Å². The van der Waals surface area contributed by atoms with Crippen LogP contribution in [0.25, 0.3) is 0 Å². The molecule has 2 fully saturated rings. The fraction of sp³-hybridized carbons (Fsp3) is 0.875. The van der Waals surface area contributed by atoms with Crippen molar-refractivity contribution < 1.29 is 24.2 Å². The number of rotatable bonds is 7.